The number of carbonyl (C=O) groups excluding carboxylic acids is 4. The van der Waals surface area contributed by atoms with Gasteiger partial charge < -0.3 is 15.5 Å². The zero-order valence-corrected chi connectivity index (χ0v) is 24.6. The van der Waals surface area contributed by atoms with Gasteiger partial charge in [-0.05, 0) is 65.6 Å². The monoisotopic (exact) mass is 588 g/mol. The first-order valence-corrected chi connectivity index (χ1v) is 15.2. The molecule has 0 bridgehead atoms. The Hall–Kier alpha value is -4.45. The lowest BCUT2D eigenvalue weighted by Crippen LogP contribution is -2.53. The molecule has 0 saturated carbocycles. The Morgan fingerprint density at radius 2 is 1.98 bits per heavy atom. The number of rotatable bonds is 8. The standard InChI is InChI=1S/C30H33FN6O4Si/c1-32-27(39)17-37-16-24(14-33-37)21-6-8-26-22(12-21)9-10-30(26,42-2)34-29(41)36(19-38)18-28(40)35-11-3-4-20-13-25(31)7-5-23(20)15-35/h5-8,12-14,16,19,42H,2-4,9-11,15,17-18H2,1H3,(H,32,39)(H,34,41). The summed E-state index contributed by atoms with van der Waals surface area (Å²) >= 11 is 0. The molecular weight excluding hydrogens is 555 g/mol. The zero-order chi connectivity index (χ0) is 29.9. The summed E-state index contributed by atoms with van der Waals surface area (Å²) in [5.41, 5.74) is 5.57. The normalized spacial score (nSPS) is 17.4. The minimum Gasteiger partial charge on any atom is -0.358 e. The molecule has 218 valence electrons. The third-order valence-corrected chi connectivity index (χ3v) is 9.50. The lowest BCUT2D eigenvalue weighted by molar-refractivity contribution is -0.134. The molecule has 2 aromatic carbocycles. The fourth-order valence-electron chi connectivity index (χ4n) is 5.70. The minimum absolute atomic E-state index is 0.127. The Kier molecular flexibility index (Phi) is 8.43. The molecule has 2 aliphatic rings. The van der Waals surface area contributed by atoms with E-state index < -0.39 is 20.3 Å². The van der Waals surface area contributed by atoms with Crippen LogP contribution in [0, 0.1) is 5.82 Å². The predicted octanol–water partition coefficient (Wildman–Crippen LogP) is 1.55. The lowest BCUT2D eigenvalue weighted by atomic mass is 10.0. The van der Waals surface area contributed by atoms with E-state index >= 15 is 0 Å². The van der Waals surface area contributed by atoms with Crippen molar-refractivity contribution < 1.29 is 23.6 Å². The summed E-state index contributed by atoms with van der Waals surface area (Å²) < 4.78 is 15.2. The third kappa shape index (κ3) is 5.94. The number of carbonyl (C=O) groups is 4. The van der Waals surface area contributed by atoms with Crippen molar-refractivity contribution in [1.29, 1.82) is 0 Å². The predicted molar refractivity (Wildman–Crippen MR) is 157 cm³/mol. The Balaban J connectivity index is 1.27. The van der Waals surface area contributed by atoms with Crippen molar-refractivity contribution in [3.63, 3.8) is 0 Å². The highest BCUT2D eigenvalue weighted by molar-refractivity contribution is 6.45. The quantitative estimate of drug-likeness (QED) is 0.306. The second kappa shape index (κ2) is 12.2. The molecule has 1 aliphatic heterocycles. The largest absolute Gasteiger partial charge is 0.358 e. The van der Waals surface area contributed by atoms with E-state index in [1.165, 1.54) is 12.1 Å². The van der Waals surface area contributed by atoms with Gasteiger partial charge in [-0.3, -0.25) is 24.0 Å². The average molecular weight is 589 g/mol. The number of aromatic nitrogens is 2. The molecule has 5 amide bonds. The summed E-state index contributed by atoms with van der Waals surface area (Å²) in [6, 6.07) is 9.90. The number of nitrogens with one attached hydrogen (secondary N) is 2. The van der Waals surface area contributed by atoms with Crippen LogP contribution in [0.1, 0.15) is 35.1 Å². The number of aryl methyl sites for hydroxylation is 2. The first kappa shape index (κ1) is 29.1. The van der Waals surface area contributed by atoms with Crippen molar-refractivity contribution in [2.75, 3.05) is 20.1 Å². The smallest absolute Gasteiger partial charge is 0.325 e. The van der Waals surface area contributed by atoms with Crippen molar-refractivity contribution >= 4 is 39.6 Å². The van der Waals surface area contributed by atoms with Gasteiger partial charge in [-0.15, -0.1) is 6.17 Å². The number of amides is 5. The molecule has 5 rings (SSSR count). The van der Waals surface area contributed by atoms with Crippen LogP contribution in [-0.4, -0.2) is 79.3 Å². The summed E-state index contributed by atoms with van der Waals surface area (Å²) in [6.45, 7) is 0.495. The van der Waals surface area contributed by atoms with E-state index in [1.54, 1.807) is 28.9 Å². The molecule has 3 aromatic rings. The number of hydrogen-bond donors (Lipinski definition) is 2. The second-order valence-corrected chi connectivity index (χ2v) is 12.0. The van der Waals surface area contributed by atoms with Crippen LogP contribution >= 0.6 is 0 Å². The van der Waals surface area contributed by atoms with Gasteiger partial charge in [0.2, 0.25) is 18.2 Å². The van der Waals surface area contributed by atoms with Gasteiger partial charge in [0.15, 0.2) is 0 Å². The maximum Gasteiger partial charge on any atom is 0.325 e. The molecule has 1 atom stereocenters. The molecule has 0 radical (unpaired) electrons. The molecule has 0 spiro atoms. The molecule has 0 saturated heterocycles. The van der Waals surface area contributed by atoms with E-state index in [2.05, 4.69) is 28.0 Å². The third-order valence-electron chi connectivity index (χ3n) is 8.05. The Bertz CT molecular complexity index is 1560. The van der Waals surface area contributed by atoms with Gasteiger partial charge in [0.1, 0.15) is 18.9 Å². The highest BCUT2D eigenvalue weighted by atomic mass is 28.2. The van der Waals surface area contributed by atoms with Gasteiger partial charge in [0.25, 0.3) is 0 Å². The van der Waals surface area contributed by atoms with Crippen LogP contribution in [0.4, 0.5) is 9.18 Å². The van der Waals surface area contributed by atoms with Crippen molar-refractivity contribution in [3.05, 3.63) is 76.9 Å². The van der Waals surface area contributed by atoms with Crippen molar-refractivity contribution in [2.24, 2.45) is 0 Å². The van der Waals surface area contributed by atoms with Crippen LogP contribution in [0.25, 0.3) is 11.1 Å². The molecule has 1 aromatic heterocycles. The van der Waals surface area contributed by atoms with Gasteiger partial charge in [-0.1, -0.05) is 24.3 Å². The number of nitrogens with zero attached hydrogens (tertiary/aromatic N) is 4. The summed E-state index contributed by atoms with van der Waals surface area (Å²) in [4.78, 5) is 52.7. The van der Waals surface area contributed by atoms with Crippen LogP contribution in [0.15, 0.2) is 48.8 Å². The van der Waals surface area contributed by atoms with Gasteiger partial charge in [-0.25, -0.2) is 9.18 Å². The van der Waals surface area contributed by atoms with Crippen LogP contribution in [0.2, 0.25) is 0 Å². The van der Waals surface area contributed by atoms with Crippen LogP contribution in [-0.2, 0) is 45.5 Å². The molecule has 1 aliphatic carbocycles. The van der Waals surface area contributed by atoms with Crippen LogP contribution in [0.5, 0.6) is 0 Å². The maximum atomic E-state index is 13.7. The Labute approximate surface area is 245 Å². The first-order chi connectivity index (χ1) is 20.2. The van der Waals surface area contributed by atoms with Gasteiger partial charge in [0.05, 0.1) is 11.4 Å². The zero-order valence-electron chi connectivity index (χ0n) is 23.4. The fourth-order valence-corrected chi connectivity index (χ4v) is 6.78. The topological polar surface area (TPSA) is 117 Å². The molecule has 42 heavy (non-hydrogen) atoms. The Morgan fingerprint density at radius 3 is 2.74 bits per heavy atom. The number of halogens is 1. The first-order valence-electron chi connectivity index (χ1n) is 13.8. The number of hydrogen-bond acceptors (Lipinski definition) is 5. The van der Waals surface area contributed by atoms with Gasteiger partial charge >= 0.3 is 6.03 Å². The highest BCUT2D eigenvalue weighted by Crippen LogP contribution is 2.37. The molecular formula is C30H33FN6O4Si. The van der Waals surface area contributed by atoms with Crippen molar-refractivity contribution in [1.82, 2.24) is 30.2 Å². The summed E-state index contributed by atoms with van der Waals surface area (Å²) in [6.07, 6.45) is 10.8. The molecule has 2 N–H and O–H groups in total. The van der Waals surface area contributed by atoms with E-state index in [1.807, 2.05) is 18.3 Å². The van der Waals surface area contributed by atoms with E-state index in [0.717, 1.165) is 38.3 Å². The Morgan fingerprint density at radius 1 is 1.14 bits per heavy atom. The van der Waals surface area contributed by atoms with Crippen molar-refractivity contribution in [2.45, 2.75) is 43.9 Å². The van der Waals surface area contributed by atoms with E-state index in [9.17, 15) is 23.6 Å². The highest BCUT2D eigenvalue weighted by Gasteiger charge is 2.39. The summed E-state index contributed by atoms with van der Waals surface area (Å²) in [5, 5.41) is 9.19. The minimum atomic E-state index is -0.704. The molecule has 10 nitrogen and oxygen atoms in total. The summed E-state index contributed by atoms with van der Waals surface area (Å²) in [7, 11) is 1.06. The second-order valence-electron chi connectivity index (χ2n) is 10.6. The SMILES string of the molecule is C=[SiH]C1(NC(=O)N(C=O)CC(=O)N2CCCc3cc(F)ccc3C2)CCc2cc(-c3cnn(CC(=O)NC)c3)ccc21. The van der Waals surface area contributed by atoms with Gasteiger partial charge in [0, 0.05) is 41.0 Å². The maximum absolute atomic E-state index is 13.7. The number of urea groups is 1. The van der Waals surface area contributed by atoms with Crippen molar-refractivity contribution in [3.8, 4) is 11.1 Å². The molecule has 0 fully saturated rings. The van der Waals surface area contributed by atoms with E-state index in [4.69, 9.17) is 0 Å². The number of fused-ring (bicyclic) bond motifs is 2. The molecule has 2 heterocycles. The number of benzene rings is 2. The van der Waals surface area contributed by atoms with Gasteiger partial charge in [-0.2, -0.15) is 5.10 Å². The van der Waals surface area contributed by atoms with Crippen LogP contribution < -0.4 is 10.6 Å². The summed E-state index contributed by atoms with van der Waals surface area (Å²) in [5.74, 6) is -0.798. The van der Waals surface area contributed by atoms with E-state index in [0.29, 0.717) is 45.2 Å². The molecule has 1 unspecified atom stereocenters. The lowest BCUT2D eigenvalue weighted by Gasteiger charge is -2.31. The fraction of sp³-hybridized carbons (Fsp3) is 0.333. The molecule has 12 heteroatoms. The van der Waals surface area contributed by atoms with E-state index in [-0.39, 0.29) is 30.7 Å². The number of imide groups is 1. The van der Waals surface area contributed by atoms with Crippen LogP contribution in [0.3, 0.4) is 0 Å². The average Bonchev–Trinajstić information content (AvgIpc) is 3.54. The number of likely N-dealkylation sites (N-methyl/N-ethyl adjacent to an activating group) is 1.